The minimum absolute atomic E-state index is 0.0363. The van der Waals surface area contributed by atoms with E-state index in [2.05, 4.69) is 31.4 Å². The molecule has 3 nitrogen and oxygen atoms in total. The Morgan fingerprint density at radius 3 is 2.47 bits per heavy atom. The Morgan fingerprint density at radius 1 is 1.26 bits per heavy atom. The molecule has 2 rings (SSSR count). The van der Waals surface area contributed by atoms with Crippen molar-refractivity contribution in [2.24, 2.45) is 0 Å². The number of carbonyl (C=O) groups excluding carboxylic acids is 1. The van der Waals surface area contributed by atoms with Gasteiger partial charge in [-0.3, -0.25) is 4.79 Å². The summed E-state index contributed by atoms with van der Waals surface area (Å²) in [5, 5.41) is 6.40. The highest BCUT2D eigenvalue weighted by molar-refractivity contribution is 5.94. The second-order valence-corrected chi connectivity index (χ2v) is 6.34. The summed E-state index contributed by atoms with van der Waals surface area (Å²) in [5.74, 6) is 0.0363. The van der Waals surface area contributed by atoms with E-state index in [0.717, 1.165) is 31.5 Å². The van der Waals surface area contributed by atoms with E-state index in [1.807, 2.05) is 24.3 Å². The monoisotopic (exact) mass is 260 g/mol. The number of piperidine rings is 1. The van der Waals surface area contributed by atoms with Gasteiger partial charge in [0.15, 0.2) is 0 Å². The molecule has 1 aromatic rings. The first-order valence-corrected chi connectivity index (χ1v) is 7.09. The van der Waals surface area contributed by atoms with Crippen LogP contribution in [0.4, 0.5) is 0 Å². The minimum atomic E-state index is 0.0363. The molecule has 19 heavy (non-hydrogen) atoms. The summed E-state index contributed by atoms with van der Waals surface area (Å²) in [6.07, 6.45) is 2.20. The van der Waals surface area contributed by atoms with Gasteiger partial charge in [0.1, 0.15) is 0 Å². The van der Waals surface area contributed by atoms with E-state index in [4.69, 9.17) is 0 Å². The van der Waals surface area contributed by atoms with Crippen LogP contribution in [0.15, 0.2) is 24.3 Å². The first-order valence-electron chi connectivity index (χ1n) is 7.09. The van der Waals surface area contributed by atoms with Gasteiger partial charge in [-0.25, -0.2) is 0 Å². The lowest BCUT2D eigenvalue weighted by Gasteiger charge is -2.24. The molecule has 104 valence electrons. The summed E-state index contributed by atoms with van der Waals surface area (Å²) in [6, 6.07) is 8.21. The van der Waals surface area contributed by atoms with Crippen LogP contribution in [0.1, 0.15) is 49.5 Å². The fraction of sp³-hybridized carbons (Fsp3) is 0.562. The molecular formula is C16H24N2O. The molecular weight excluding hydrogens is 236 g/mol. The SMILES string of the molecule is CC(C)(C)c1ccc(C(=O)NC2CCCNC2)cc1. The zero-order valence-electron chi connectivity index (χ0n) is 12.1. The van der Waals surface area contributed by atoms with Crippen molar-refractivity contribution in [2.45, 2.75) is 45.1 Å². The van der Waals surface area contributed by atoms with E-state index >= 15 is 0 Å². The summed E-state index contributed by atoms with van der Waals surface area (Å²) in [5.41, 5.74) is 2.13. The molecule has 3 heteroatoms. The van der Waals surface area contributed by atoms with Crippen molar-refractivity contribution in [2.75, 3.05) is 13.1 Å². The van der Waals surface area contributed by atoms with Gasteiger partial charge in [-0.05, 0) is 42.5 Å². The molecule has 1 atom stereocenters. The average Bonchev–Trinajstić information content (AvgIpc) is 2.39. The fourth-order valence-corrected chi connectivity index (χ4v) is 2.37. The maximum absolute atomic E-state index is 12.1. The Kier molecular flexibility index (Phi) is 4.25. The second-order valence-electron chi connectivity index (χ2n) is 6.34. The van der Waals surface area contributed by atoms with Crippen molar-refractivity contribution in [1.82, 2.24) is 10.6 Å². The smallest absolute Gasteiger partial charge is 0.251 e. The summed E-state index contributed by atoms with van der Waals surface area (Å²) in [6.45, 7) is 8.47. The van der Waals surface area contributed by atoms with Crippen LogP contribution in [0.5, 0.6) is 0 Å². The lowest BCUT2D eigenvalue weighted by molar-refractivity contribution is 0.0930. The Morgan fingerprint density at radius 2 is 1.95 bits per heavy atom. The molecule has 0 spiro atoms. The fourth-order valence-electron chi connectivity index (χ4n) is 2.37. The van der Waals surface area contributed by atoms with E-state index in [-0.39, 0.29) is 17.4 Å². The lowest BCUT2D eigenvalue weighted by atomic mass is 9.86. The predicted molar refractivity (Wildman–Crippen MR) is 78.5 cm³/mol. The Balaban J connectivity index is 1.99. The lowest BCUT2D eigenvalue weighted by Crippen LogP contribution is -2.45. The molecule has 2 N–H and O–H groups in total. The number of carbonyl (C=O) groups is 1. The van der Waals surface area contributed by atoms with E-state index in [1.165, 1.54) is 5.56 Å². The van der Waals surface area contributed by atoms with Gasteiger partial charge in [0.25, 0.3) is 5.91 Å². The molecule has 1 fully saturated rings. The minimum Gasteiger partial charge on any atom is -0.348 e. The first-order chi connectivity index (χ1) is 8.97. The third-order valence-corrected chi connectivity index (χ3v) is 3.65. The highest BCUT2D eigenvalue weighted by Gasteiger charge is 2.17. The van der Waals surface area contributed by atoms with Crippen LogP contribution in [0, 0.1) is 0 Å². The third-order valence-electron chi connectivity index (χ3n) is 3.65. The largest absolute Gasteiger partial charge is 0.348 e. The maximum atomic E-state index is 12.1. The van der Waals surface area contributed by atoms with Gasteiger partial charge in [-0.15, -0.1) is 0 Å². The van der Waals surface area contributed by atoms with Crippen molar-refractivity contribution < 1.29 is 4.79 Å². The van der Waals surface area contributed by atoms with Crippen LogP contribution in [-0.2, 0) is 5.41 Å². The van der Waals surface area contributed by atoms with Crippen molar-refractivity contribution >= 4 is 5.91 Å². The summed E-state index contributed by atoms with van der Waals surface area (Å²) in [7, 11) is 0. The molecule has 1 saturated heterocycles. The average molecular weight is 260 g/mol. The number of nitrogens with one attached hydrogen (secondary N) is 2. The molecule has 1 unspecified atom stereocenters. The van der Waals surface area contributed by atoms with E-state index in [1.54, 1.807) is 0 Å². The van der Waals surface area contributed by atoms with Gasteiger partial charge in [-0.2, -0.15) is 0 Å². The second kappa shape index (κ2) is 5.74. The number of benzene rings is 1. The van der Waals surface area contributed by atoms with Gasteiger partial charge in [0, 0.05) is 18.2 Å². The molecule has 0 bridgehead atoms. The standard InChI is InChI=1S/C16H24N2O/c1-16(2,3)13-8-6-12(7-9-13)15(19)18-14-5-4-10-17-11-14/h6-9,14,17H,4-5,10-11H2,1-3H3,(H,18,19). The van der Waals surface area contributed by atoms with Crippen molar-refractivity contribution in [3.8, 4) is 0 Å². The highest BCUT2D eigenvalue weighted by Crippen LogP contribution is 2.22. The summed E-state index contributed by atoms with van der Waals surface area (Å²) in [4.78, 5) is 12.1. The zero-order valence-corrected chi connectivity index (χ0v) is 12.1. The summed E-state index contributed by atoms with van der Waals surface area (Å²) >= 11 is 0. The van der Waals surface area contributed by atoms with Gasteiger partial charge in [-0.1, -0.05) is 32.9 Å². The number of rotatable bonds is 2. The number of amides is 1. The van der Waals surface area contributed by atoms with E-state index in [9.17, 15) is 4.79 Å². The van der Waals surface area contributed by atoms with E-state index < -0.39 is 0 Å². The molecule has 1 heterocycles. The molecule has 1 aromatic carbocycles. The number of hydrogen-bond acceptors (Lipinski definition) is 2. The molecule has 0 aromatic heterocycles. The highest BCUT2D eigenvalue weighted by atomic mass is 16.1. The van der Waals surface area contributed by atoms with Crippen LogP contribution in [0.2, 0.25) is 0 Å². The molecule has 0 aliphatic carbocycles. The van der Waals surface area contributed by atoms with Gasteiger partial charge >= 0.3 is 0 Å². The van der Waals surface area contributed by atoms with Gasteiger partial charge in [0.2, 0.25) is 0 Å². The van der Waals surface area contributed by atoms with Gasteiger partial charge in [0.05, 0.1) is 0 Å². The summed E-state index contributed by atoms with van der Waals surface area (Å²) < 4.78 is 0. The molecule has 0 radical (unpaired) electrons. The molecule has 1 aliphatic heterocycles. The maximum Gasteiger partial charge on any atom is 0.251 e. The topological polar surface area (TPSA) is 41.1 Å². The van der Waals surface area contributed by atoms with Crippen molar-refractivity contribution in [3.05, 3.63) is 35.4 Å². The molecule has 1 aliphatic rings. The zero-order chi connectivity index (χ0) is 13.9. The Hall–Kier alpha value is -1.35. The molecule has 1 amide bonds. The molecule has 0 saturated carbocycles. The van der Waals surface area contributed by atoms with Crippen LogP contribution >= 0.6 is 0 Å². The quantitative estimate of drug-likeness (QED) is 0.857. The van der Waals surface area contributed by atoms with Crippen LogP contribution < -0.4 is 10.6 Å². The Bertz CT molecular complexity index is 425. The normalized spacial score (nSPS) is 20.1. The van der Waals surface area contributed by atoms with Crippen LogP contribution in [-0.4, -0.2) is 25.0 Å². The van der Waals surface area contributed by atoms with Gasteiger partial charge < -0.3 is 10.6 Å². The third kappa shape index (κ3) is 3.80. The van der Waals surface area contributed by atoms with Crippen molar-refractivity contribution in [3.63, 3.8) is 0 Å². The first kappa shape index (κ1) is 14.1. The predicted octanol–water partition coefficient (Wildman–Crippen LogP) is 2.47. The van der Waals surface area contributed by atoms with E-state index in [0.29, 0.717) is 0 Å². The van der Waals surface area contributed by atoms with Crippen LogP contribution in [0.25, 0.3) is 0 Å². The number of hydrogen-bond donors (Lipinski definition) is 2. The van der Waals surface area contributed by atoms with Crippen LogP contribution in [0.3, 0.4) is 0 Å². The Labute approximate surface area is 115 Å². The van der Waals surface area contributed by atoms with Crippen molar-refractivity contribution in [1.29, 1.82) is 0 Å².